The van der Waals surface area contributed by atoms with E-state index in [0.29, 0.717) is 10.1 Å². The van der Waals surface area contributed by atoms with Gasteiger partial charge in [0.2, 0.25) is 0 Å². The zero-order chi connectivity index (χ0) is 12.8. The van der Waals surface area contributed by atoms with E-state index in [-0.39, 0.29) is 18.2 Å². The van der Waals surface area contributed by atoms with Gasteiger partial charge in [0.25, 0.3) is 0 Å². The molecule has 0 atom stereocenters. The average Bonchev–Trinajstić information content (AvgIpc) is 2.88. The second-order valence-electron chi connectivity index (χ2n) is 3.09. The zero-order valence-electron chi connectivity index (χ0n) is 9.80. The lowest BCUT2D eigenvalue weighted by Gasteiger charge is -1.84. The highest BCUT2D eigenvalue weighted by Gasteiger charge is 1.98. The molecule has 5 nitrogen and oxygen atoms in total. The molecule has 2 aromatic rings. The monoisotopic (exact) mass is 301 g/mol. The summed E-state index contributed by atoms with van der Waals surface area (Å²) in [7, 11) is 0. The van der Waals surface area contributed by atoms with E-state index in [2.05, 4.69) is 14.8 Å². The van der Waals surface area contributed by atoms with Crippen molar-refractivity contribution in [3.8, 4) is 0 Å². The molecule has 2 rings (SSSR count). The van der Waals surface area contributed by atoms with E-state index in [1.54, 1.807) is 0 Å². The number of aromatic nitrogens is 2. The quantitative estimate of drug-likeness (QED) is 0.482. The number of nitrogens with one attached hydrogen (secondary N) is 1. The molecule has 0 saturated heterocycles. The fourth-order valence-corrected chi connectivity index (χ4v) is 2.11. The highest BCUT2D eigenvalue weighted by Crippen LogP contribution is 2.16. The van der Waals surface area contributed by atoms with Crippen LogP contribution in [0.1, 0.15) is 16.4 Å². The third-order valence-electron chi connectivity index (χ3n) is 1.55. The number of amidine groups is 1. The van der Waals surface area contributed by atoms with Gasteiger partial charge in [-0.05, 0) is 6.92 Å². The van der Waals surface area contributed by atoms with E-state index in [1.165, 1.54) is 22.7 Å². The molecule has 0 aliphatic carbocycles. The molecular weight excluding hydrogens is 290 g/mol. The van der Waals surface area contributed by atoms with Gasteiger partial charge < -0.3 is 10.6 Å². The van der Waals surface area contributed by atoms with Crippen molar-refractivity contribution in [3.63, 3.8) is 0 Å². The standard InChI is InChI=1S/C5H7N3S.C5H4N2S.ClH/c1-3-2-9-5(8-3)4(6)7;1-4-3-8-5(6-2)7-4;/h2H,1H3,(H3,6,7);3H,1H3;1H. The third kappa shape index (κ3) is 5.23. The molecule has 0 aromatic carbocycles. The van der Waals surface area contributed by atoms with Gasteiger partial charge in [0, 0.05) is 23.4 Å². The number of nitrogen functional groups attached to an aromatic ring is 1. The van der Waals surface area contributed by atoms with Crippen molar-refractivity contribution in [2.45, 2.75) is 13.8 Å². The Kier molecular flexibility index (Phi) is 7.12. The van der Waals surface area contributed by atoms with Gasteiger partial charge in [-0.3, -0.25) is 5.41 Å². The van der Waals surface area contributed by atoms with Crippen molar-refractivity contribution in [1.29, 1.82) is 5.41 Å². The fraction of sp³-hybridized carbons (Fsp3) is 0.200. The lowest BCUT2D eigenvalue weighted by molar-refractivity contribution is 1.23. The lowest BCUT2D eigenvalue weighted by Crippen LogP contribution is -2.10. The molecule has 0 spiro atoms. The van der Waals surface area contributed by atoms with Crippen molar-refractivity contribution in [3.05, 3.63) is 38.6 Å². The average molecular weight is 302 g/mol. The first-order valence-electron chi connectivity index (χ1n) is 4.59. The molecule has 2 aromatic heterocycles. The minimum Gasteiger partial charge on any atom is -0.382 e. The maximum atomic E-state index is 6.97. The van der Waals surface area contributed by atoms with E-state index < -0.39 is 0 Å². The molecule has 2 heterocycles. The van der Waals surface area contributed by atoms with Crippen molar-refractivity contribution >= 4 is 46.0 Å². The fourth-order valence-electron chi connectivity index (χ4n) is 0.871. The molecular formula is C10H12ClN5S2. The maximum Gasteiger partial charge on any atom is 0.329 e. The Labute approximate surface area is 119 Å². The lowest BCUT2D eigenvalue weighted by atomic mass is 10.6. The molecule has 0 fully saturated rings. The molecule has 0 bridgehead atoms. The van der Waals surface area contributed by atoms with Gasteiger partial charge in [0.05, 0.1) is 0 Å². The predicted octanol–water partition coefficient (Wildman–Crippen LogP) is 3.16. The topological polar surface area (TPSA) is 80.0 Å². The van der Waals surface area contributed by atoms with Crippen molar-refractivity contribution in [2.75, 3.05) is 0 Å². The van der Waals surface area contributed by atoms with Crippen LogP contribution < -0.4 is 5.73 Å². The van der Waals surface area contributed by atoms with Crippen LogP contribution in [0.3, 0.4) is 0 Å². The highest BCUT2D eigenvalue weighted by atomic mass is 35.5. The summed E-state index contributed by atoms with van der Waals surface area (Å²) in [5, 5.41) is 11.8. The van der Waals surface area contributed by atoms with Crippen LogP contribution >= 0.6 is 35.1 Å². The third-order valence-corrected chi connectivity index (χ3v) is 3.40. The Balaban J connectivity index is 0.000000306. The van der Waals surface area contributed by atoms with Crippen LogP contribution in [0.5, 0.6) is 0 Å². The van der Waals surface area contributed by atoms with Crippen LogP contribution in [0.25, 0.3) is 4.85 Å². The first-order chi connectivity index (χ1) is 8.02. The van der Waals surface area contributed by atoms with E-state index >= 15 is 0 Å². The molecule has 8 heteroatoms. The first-order valence-corrected chi connectivity index (χ1v) is 6.35. The van der Waals surface area contributed by atoms with Crippen LogP contribution in [0, 0.1) is 25.8 Å². The Hall–Kier alpha value is -1.49. The summed E-state index contributed by atoms with van der Waals surface area (Å²) in [6, 6.07) is 0. The van der Waals surface area contributed by atoms with Gasteiger partial charge in [-0.1, -0.05) is 6.57 Å². The van der Waals surface area contributed by atoms with Crippen molar-refractivity contribution < 1.29 is 0 Å². The van der Waals surface area contributed by atoms with Gasteiger partial charge >= 0.3 is 5.13 Å². The van der Waals surface area contributed by atoms with Gasteiger partial charge in [0.15, 0.2) is 10.8 Å². The minimum absolute atomic E-state index is 0. The van der Waals surface area contributed by atoms with Gasteiger partial charge in [-0.2, -0.15) is 0 Å². The van der Waals surface area contributed by atoms with Gasteiger partial charge in [0.1, 0.15) is 5.69 Å². The molecule has 3 N–H and O–H groups in total. The number of thiazole rings is 2. The van der Waals surface area contributed by atoms with Gasteiger partial charge in [-0.15, -0.1) is 40.1 Å². The molecule has 0 amide bonds. The molecule has 96 valence electrons. The Morgan fingerprint density at radius 1 is 1.28 bits per heavy atom. The van der Waals surface area contributed by atoms with Crippen LogP contribution in [-0.2, 0) is 0 Å². The van der Waals surface area contributed by atoms with E-state index in [4.69, 9.17) is 17.7 Å². The summed E-state index contributed by atoms with van der Waals surface area (Å²) in [4.78, 5) is 11.0. The number of nitrogens with zero attached hydrogens (tertiary/aromatic N) is 3. The Bertz CT molecular complexity index is 555. The molecule has 0 saturated carbocycles. The van der Waals surface area contributed by atoms with E-state index in [9.17, 15) is 0 Å². The molecule has 0 unspecified atom stereocenters. The van der Waals surface area contributed by atoms with Crippen molar-refractivity contribution in [2.24, 2.45) is 5.73 Å². The zero-order valence-corrected chi connectivity index (χ0v) is 12.2. The summed E-state index contributed by atoms with van der Waals surface area (Å²) in [6.45, 7) is 10.3. The normalized spacial score (nSPS) is 8.50. The summed E-state index contributed by atoms with van der Waals surface area (Å²) in [5.74, 6) is 0.0492. The smallest absolute Gasteiger partial charge is 0.329 e. The highest BCUT2D eigenvalue weighted by molar-refractivity contribution is 7.13. The summed E-state index contributed by atoms with van der Waals surface area (Å²) < 4.78 is 0. The number of hydrogen-bond acceptors (Lipinski definition) is 5. The van der Waals surface area contributed by atoms with Crippen LogP contribution in [0.15, 0.2) is 10.8 Å². The number of nitrogens with two attached hydrogens (primary N) is 1. The Morgan fingerprint density at radius 3 is 2.06 bits per heavy atom. The maximum absolute atomic E-state index is 6.97. The molecule has 0 aliphatic heterocycles. The Morgan fingerprint density at radius 2 is 1.83 bits per heavy atom. The SMILES string of the molecule is Cc1csc(C(=N)N)n1.Cl.[C-]#[N+]c1nc(C)cs1. The predicted molar refractivity (Wildman–Crippen MR) is 78.2 cm³/mol. The van der Waals surface area contributed by atoms with Crippen LogP contribution in [0.2, 0.25) is 0 Å². The number of hydrogen-bond donors (Lipinski definition) is 2. The first kappa shape index (κ1) is 16.5. The second kappa shape index (κ2) is 7.76. The van der Waals surface area contributed by atoms with E-state index in [0.717, 1.165) is 11.4 Å². The van der Waals surface area contributed by atoms with Crippen molar-refractivity contribution in [1.82, 2.24) is 9.97 Å². The summed E-state index contributed by atoms with van der Waals surface area (Å²) in [6.07, 6.45) is 0. The second-order valence-corrected chi connectivity index (χ2v) is 4.79. The minimum atomic E-state index is 0. The number of aryl methyl sites for hydroxylation is 2. The molecule has 0 aliphatic rings. The summed E-state index contributed by atoms with van der Waals surface area (Å²) >= 11 is 2.78. The van der Waals surface area contributed by atoms with Gasteiger partial charge in [-0.25, -0.2) is 4.98 Å². The number of rotatable bonds is 1. The largest absolute Gasteiger partial charge is 0.382 e. The number of halogens is 1. The molecule has 18 heavy (non-hydrogen) atoms. The van der Waals surface area contributed by atoms with E-state index in [1.807, 2.05) is 24.6 Å². The van der Waals surface area contributed by atoms with Crippen LogP contribution in [0.4, 0.5) is 5.13 Å². The summed E-state index contributed by atoms with van der Waals surface area (Å²) in [5.41, 5.74) is 7.01. The molecule has 0 radical (unpaired) electrons. The van der Waals surface area contributed by atoms with Crippen LogP contribution in [-0.4, -0.2) is 15.8 Å².